The van der Waals surface area contributed by atoms with Crippen LogP contribution in [0.5, 0.6) is 0 Å². The van der Waals surface area contributed by atoms with Gasteiger partial charge in [0.1, 0.15) is 5.82 Å². The number of aliphatic carboxylic acids is 1. The molecule has 0 bridgehead atoms. The van der Waals surface area contributed by atoms with Gasteiger partial charge in [0.25, 0.3) is 0 Å². The molecule has 0 aromatic heterocycles. The van der Waals surface area contributed by atoms with Crippen molar-refractivity contribution in [2.24, 2.45) is 0 Å². The Kier molecular flexibility index (Phi) is 5.10. The van der Waals surface area contributed by atoms with Crippen LogP contribution < -0.4 is 0 Å². The van der Waals surface area contributed by atoms with Crippen LogP contribution in [0.3, 0.4) is 0 Å². The standard InChI is InChI=1S/C13H18FNO2/c1-3-10(2)15(9-13(16)17)8-11-6-4-5-7-12(11)14/h4-7,10H,3,8-9H2,1-2H3,(H,16,17). The number of halogens is 1. The quantitative estimate of drug-likeness (QED) is 0.829. The van der Waals surface area contributed by atoms with Crippen molar-refractivity contribution in [3.05, 3.63) is 35.6 Å². The molecule has 1 rings (SSSR count). The first-order valence-corrected chi connectivity index (χ1v) is 5.73. The van der Waals surface area contributed by atoms with Gasteiger partial charge < -0.3 is 5.11 Å². The van der Waals surface area contributed by atoms with Gasteiger partial charge in [-0.1, -0.05) is 25.1 Å². The first-order valence-electron chi connectivity index (χ1n) is 5.73. The molecule has 0 aliphatic carbocycles. The Bertz CT molecular complexity index is 381. The van der Waals surface area contributed by atoms with E-state index in [0.29, 0.717) is 12.1 Å². The van der Waals surface area contributed by atoms with Crippen molar-refractivity contribution in [2.75, 3.05) is 6.54 Å². The minimum atomic E-state index is -0.887. The number of hydrogen-bond acceptors (Lipinski definition) is 2. The van der Waals surface area contributed by atoms with E-state index in [9.17, 15) is 9.18 Å². The molecule has 17 heavy (non-hydrogen) atoms. The van der Waals surface area contributed by atoms with Gasteiger partial charge >= 0.3 is 5.97 Å². The number of carboxylic acid groups (broad SMARTS) is 1. The molecule has 94 valence electrons. The maximum atomic E-state index is 13.5. The van der Waals surface area contributed by atoms with Gasteiger partial charge in [-0.15, -0.1) is 0 Å². The first-order chi connectivity index (χ1) is 8.04. The molecule has 0 aliphatic rings. The predicted octanol–water partition coefficient (Wildman–Crippen LogP) is 2.51. The van der Waals surface area contributed by atoms with Crippen molar-refractivity contribution in [2.45, 2.75) is 32.9 Å². The Morgan fingerprint density at radius 3 is 2.65 bits per heavy atom. The van der Waals surface area contributed by atoms with E-state index in [1.807, 2.05) is 13.8 Å². The summed E-state index contributed by atoms with van der Waals surface area (Å²) >= 11 is 0. The van der Waals surface area contributed by atoms with Crippen molar-refractivity contribution < 1.29 is 14.3 Å². The topological polar surface area (TPSA) is 40.5 Å². The van der Waals surface area contributed by atoms with Gasteiger partial charge in [-0.05, 0) is 19.4 Å². The number of nitrogens with zero attached hydrogens (tertiary/aromatic N) is 1. The fraction of sp³-hybridized carbons (Fsp3) is 0.462. The van der Waals surface area contributed by atoms with E-state index < -0.39 is 5.97 Å². The summed E-state index contributed by atoms with van der Waals surface area (Å²) in [6, 6.07) is 6.58. The molecule has 1 aromatic carbocycles. The first kappa shape index (κ1) is 13.6. The minimum Gasteiger partial charge on any atom is -0.480 e. The van der Waals surface area contributed by atoms with E-state index >= 15 is 0 Å². The molecular formula is C13H18FNO2. The lowest BCUT2D eigenvalue weighted by Gasteiger charge is -2.26. The number of rotatable bonds is 6. The normalized spacial score (nSPS) is 12.7. The summed E-state index contributed by atoms with van der Waals surface area (Å²) in [5, 5.41) is 8.84. The van der Waals surface area contributed by atoms with Crippen LogP contribution in [0.2, 0.25) is 0 Å². The molecule has 0 spiro atoms. The van der Waals surface area contributed by atoms with E-state index in [4.69, 9.17) is 5.11 Å². The number of hydrogen-bond donors (Lipinski definition) is 1. The van der Waals surface area contributed by atoms with Gasteiger partial charge in [0.2, 0.25) is 0 Å². The van der Waals surface area contributed by atoms with Crippen LogP contribution in [0, 0.1) is 5.82 Å². The molecule has 0 heterocycles. The van der Waals surface area contributed by atoms with Crippen LogP contribution >= 0.6 is 0 Å². The van der Waals surface area contributed by atoms with Crippen LogP contribution in [-0.2, 0) is 11.3 Å². The fourth-order valence-electron chi connectivity index (χ4n) is 1.64. The zero-order valence-electron chi connectivity index (χ0n) is 10.2. The molecule has 0 amide bonds. The molecule has 0 radical (unpaired) electrons. The number of benzene rings is 1. The van der Waals surface area contributed by atoms with Crippen LogP contribution in [0.15, 0.2) is 24.3 Å². The van der Waals surface area contributed by atoms with Gasteiger partial charge in [0, 0.05) is 18.2 Å². The Morgan fingerprint density at radius 2 is 2.12 bits per heavy atom. The molecule has 1 atom stereocenters. The van der Waals surface area contributed by atoms with Crippen molar-refractivity contribution in [3.63, 3.8) is 0 Å². The van der Waals surface area contributed by atoms with E-state index in [1.165, 1.54) is 6.07 Å². The summed E-state index contributed by atoms with van der Waals surface area (Å²) in [7, 11) is 0. The third kappa shape index (κ3) is 4.15. The van der Waals surface area contributed by atoms with E-state index in [-0.39, 0.29) is 18.4 Å². The molecule has 1 N–H and O–H groups in total. The van der Waals surface area contributed by atoms with Crippen LogP contribution in [0.4, 0.5) is 4.39 Å². The lowest BCUT2D eigenvalue weighted by molar-refractivity contribution is -0.139. The molecule has 3 nitrogen and oxygen atoms in total. The second-order valence-corrected chi connectivity index (χ2v) is 4.15. The highest BCUT2D eigenvalue weighted by Gasteiger charge is 2.17. The van der Waals surface area contributed by atoms with Crippen molar-refractivity contribution in [3.8, 4) is 0 Å². The number of carbonyl (C=O) groups is 1. The second kappa shape index (κ2) is 6.35. The smallest absolute Gasteiger partial charge is 0.317 e. The summed E-state index contributed by atoms with van der Waals surface area (Å²) in [6.45, 7) is 4.20. The molecular weight excluding hydrogens is 221 g/mol. The Labute approximate surface area is 101 Å². The SMILES string of the molecule is CCC(C)N(CC(=O)O)Cc1ccccc1F. The van der Waals surface area contributed by atoms with Gasteiger partial charge in [-0.3, -0.25) is 9.69 Å². The highest BCUT2D eigenvalue weighted by molar-refractivity contribution is 5.69. The van der Waals surface area contributed by atoms with Crippen molar-refractivity contribution in [1.29, 1.82) is 0 Å². The fourth-order valence-corrected chi connectivity index (χ4v) is 1.64. The summed E-state index contributed by atoms with van der Waals surface area (Å²) in [4.78, 5) is 12.5. The monoisotopic (exact) mass is 239 g/mol. The Balaban J connectivity index is 2.79. The molecule has 0 saturated carbocycles. The molecule has 4 heteroatoms. The molecule has 0 fully saturated rings. The summed E-state index contributed by atoms with van der Waals surface area (Å²) in [5.74, 6) is -1.17. The van der Waals surface area contributed by atoms with Crippen molar-refractivity contribution in [1.82, 2.24) is 4.90 Å². The zero-order valence-corrected chi connectivity index (χ0v) is 10.2. The predicted molar refractivity (Wildman–Crippen MR) is 64.2 cm³/mol. The summed E-state index contributed by atoms with van der Waals surface area (Å²) in [5.41, 5.74) is 0.536. The van der Waals surface area contributed by atoms with Crippen molar-refractivity contribution >= 4 is 5.97 Å². The van der Waals surface area contributed by atoms with Crippen LogP contribution in [0.1, 0.15) is 25.8 Å². The van der Waals surface area contributed by atoms with Gasteiger partial charge in [0.15, 0.2) is 0 Å². The van der Waals surface area contributed by atoms with Gasteiger partial charge in [0.05, 0.1) is 6.54 Å². The second-order valence-electron chi connectivity index (χ2n) is 4.15. The average Bonchev–Trinajstić information content (AvgIpc) is 2.29. The van der Waals surface area contributed by atoms with Gasteiger partial charge in [-0.25, -0.2) is 4.39 Å². The van der Waals surface area contributed by atoms with E-state index in [0.717, 1.165) is 6.42 Å². The average molecular weight is 239 g/mol. The Morgan fingerprint density at radius 1 is 1.47 bits per heavy atom. The molecule has 1 aromatic rings. The summed E-state index contributed by atoms with van der Waals surface area (Å²) < 4.78 is 13.5. The lowest BCUT2D eigenvalue weighted by Crippen LogP contribution is -2.36. The third-order valence-corrected chi connectivity index (χ3v) is 2.88. The minimum absolute atomic E-state index is 0.0661. The zero-order chi connectivity index (χ0) is 12.8. The van der Waals surface area contributed by atoms with Crippen LogP contribution in [-0.4, -0.2) is 28.6 Å². The largest absolute Gasteiger partial charge is 0.480 e. The van der Waals surface area contributed by atoms with Crippen LogP contribution in [0.25, 0.3) is 0 Å². The maximum absolute atomic E-state index is 13.5. The van der Waals surface area contributed by atoms with E-state index in [2.05, 4.69) is 0 Å². The maximum Gasteiger partial charge on any atom is 0.317 e. The Hall–Kier alpha value is -1.42. The third-order valence-electron chi connectivity index (χ3n) is 2.88. The summed E-state index contributed by atoms with van der Waals surface area (Å²) in [6.07, 6.45) is 0.835. The highest BCUT2D eigenvalue weighted by Crippen LogP contribution is 2.13. The number of carboxylic acids is 1. The van der Waals surface area contributed by atoms with Gasteiger partial charge in [-0.2, -0.15) is 0 Å². The molecule has 0 aliphatic heterocycles. The van der Waals surface area contributed by atoms with E-state index in [1.54, 1.807) is 23.1 Å². The molecule has 0 saturated heterocycles. The molecule has 1 unspecified atom stereocenters. The highest BCUT2D eigenvalue weighted by atomic mass is 19.1. The lowest BCUT2D eigenvalue weighted by atomic mass is 10.1.